The summed E-state index contributed by atoms with van der Waals surface area (Å²) < 4.78 is 0. The number of hydrogen-bond donors (Lipinski definition) is 1. The van der Waals surface area contributed by atoms with E-state index in [2.05, 4.69) is 22.6 Å². The van der Waals surface area contributed by atoms with Gasteiger partial charge in [0.05, 0.1) is 11.7 Å². The maximum absolute atomic E-state index is 12.7. The summed E-state index contributed by atoms with van der Waals surface area (Å²) in [5.74, 6) is -0.157. The molecule has 1 aliphatic heterocycles. The van der Waals surface area contributed by atoms with Crippen LogP contribution in [0.4, 0.5) is 11.4 Å². The van der Waals surface area contributed by atoms with Crippen LogP contribution in [0.2, 0.25) is 0 Å². The van der Waals surface area contributed by atoms with Crippen molar-refractivity contribution >= 4 is 23.0 Å². The van der Waals surface area contributed by atoms with E-state index in [1.807, 2.05) is 83.9 Å². The Morgan fingerprint density at radius 1 is 0.846 bits per heavy atom. The number of benzene rings is 3. The Kier molecular flexibility index (Phi) is 4.48. The molecule has 4 rings (SSSR count). The van der Waals surface area contributed by atoms with Gasteiger partial charge >= 0.3 is 0 Å². The minimum atomic E-state index is -0.157. The van der Waals surface area contributed by atoms with Crippen LogP contribution in [-0.2, 0) is 4.79 Å². The SMILES string of the molecule is O=C(Nc1ccccc1)C1=NN(c2ccccc2)C(c2ccccc2)C1. The largest absolute Gasteiger partial charge is 0.321 e. The van der Waals surface area contributed by atoms with Gasteiger partial charge in [0.25, 0.3) is 5.91 Å². The molecule has 0 aliphatic carbocycles. The summed E-state index contributed by atoms with van der Waals surface area (Å²) in [5, 5.41) is 9.52. The van der Waals surface area contributed by atoms with Crippen molar-refractivity contribution in [2.45, 2.75) is 12.5 Å². The summed E-state index contributed by atoms with van der Waals surface area (Å²) in [6, 6.07) is 29.6. The van der Waals surface area contributed by atoms with Crippen molar-refractivity contribution in [2.75, 3.05) is 10.3 Å². The maximum atomic E-state index is 12.7. The van der Waals surface area contributed by atoms with Crippen LogP contribution in [0, 0.1) is 0 Å². The molecule has 1 N–H and O–H groups in total. The fourth-order valence-corrected chi connectivity index (χ4v) is 3.13. The maximum Gasteiger partial charge on any atom is 0.271 e. The molecule has 1 amide bonds. The quantitative estimate of drug-likeness (QED) is 0.752. The first kappa shape index (κ1) is 16.1. The molecule has 1 atom stereocenters. The Bertz CT molecular complexity index is 908. The van der Waals surface area contributed by atoms with Crippen molar-refractivity contribution in [1.29, 1.82) is 0 Å². The van der Waals surface area contributed by atoms with Crippen LogP contribution in [-0.4, -0.2) is 11.6 Å². The van der Waals surface area contributed by atoms with Gasteiger partial charge in [-0.3, -0.25) is 9.80 Å². The Balaban J connectivity index is 1.63. The highest BCUT2D eigenvalue weighted by Crippen LogP contribution is 2.35. The monoisotopic (exact) mass is 341 g/mol. The van der Waals surface area contributed by atoms with Gasteiger partial charge in [-0.15, -0.1) is 0 Å². The smallest absolute Gasteiger partial charge is 0.271 e. The third kappa shape index (κ3) is 3.35. The van der Waals surface area contributed by atoms with E-state index in [9.17, 15) is 4.79 Å². The predicted molar refractivity (Wildman–Crippen MR) is 105 cm³/mol. The van der Waals surface area contributed by atoms with Gasteiger partial charge in [0.2, 0.25) is 0 Å². The van der Waals surface area contributed by atoms with E-state index < -0.39 is 0 Å². The molecule has 4 nitrogen and oxygen atoms in total. The highest BCUT2D eigenvalue weighted by Gasteiger charge is 2.32. The Labute approximate surface area is 152 Å². The summed E-state index contributed by atoms with van der Waals surface area (Å²) in [6.07, 6.45) is 0.567. The lowest BCUT2D eigenvalue weighted by molar-refractivity contribution is -0.110. The average Bonchev–Trinajstić information content (AvgIpc) is 3.16. The molecule has 0 radical (unpaired) electrons. The summed E-state index contributed by atoms with van der Waals surface area (Å²) in [7, 11) is 0. The van der Waals surface area contributed by atoms with E-state index in [-0.39, 0.29) is 11.9 Å². The molecule has 3 aromatic carbocycles. The Morgan fingerprint density at radius 3 is 2.08 bits per heavy atom. The highest BCUT2D eigenvalue weighted by atomic mass is 16.2. The first-order valence-electron chi connectivity index (χ1n) is 8.64. The summed E-state index contributed by atoms with van der Waals surface area (Å²) in [4.78, 5) is 12.7. The molecule has 1 aliphatic rings. The van der Waals surface area contributed by atoms with Crippen LogP contribution in [0.15, 0.2) is 96.1 Å². The standard InChI is InChI=1S/C22H19N3O/c26-22(23-18-12-6-2-7-13-18)20-16-21(17-10-4-1-5-11-17)25(24-20)19-14-8-3-9-15-19/h1-15,21H,16H2,(H,23,26). The van der Waals surface area contributed by atoms with Gasteiger partial charge in [-0.05, 0) is 29.8 Å². The molecule has 0 aromatic heterocycles. The van der Waals surface area contributed by atoms with E-state index in [4.69, 9.17) is 0 Å². The molecule has 0 bridgehead atoms. The molecule has 3 aromatic rings. The normalized spacial score (nSPS) is 16.2. The number of hydrogen-bond acceptors (Lipinski definition) is 3. The molecule has 1 heterocycles. The molecule has 0 saturated heterocycles. The number of carbonyl (C=O) groups is 1. The van der Waals surface area contributed by atoms with Crippen LogP contribution >= 0.6 is 0 Å². The average molecular weight is 341 g/mol. The van der Waals surface area contributed by atoms with Crippen molar-refractivity contribution in [3.63, 3.8) is 0 Å². The van der Waals surface area contributed by atoms with Crippen LogP contribution in [0.3, 0.4) is 0 Å². The van der Waals surface area contributed by atoms with Gasteiger partial charge in [-0.1, -0.05) is 66.7 Å². The third-order valence-corrected chi connectivity index (χ3v) is 4.41. The van der Waals surface area contributed by atoms with Gasteiger partial charge in [0.15, 0.2) is 0 Å². The number of rotatable bonds is 4. The molecular weight excluding hydrogens is 322 g/mol. The lowest BCUT2D eigenvalue weighted by atomic mass is 10.0. The summed E-state index contributed by atoms with van der Waals surface area (Å²) in [6.45, 7) is 0. The lowest BCUT2D eigenvalue weighted by Crippen LogP contribution is -2.21. The van der Waals surface area contributed by atoms with Gasteiger partial charge in [0, 0.05) is 12.1 Å². The molecule has 0 saturated carbocycles. The van der Waals surface area contributed by atoms with Gasteiger partial charge in [-0.25, -0.2) is 0 Å². The topological polar surface area (TPSA) is 44.7 Å². The van der Waals surface area contributed by atoms with Crippen LogP contribution in [0.5, 0.6) is 0 Å². The van der Waals surface area contributed by atoms with E-state index in [1.165, 1.54) is 0 Å². The zero-order valence-corrected chi connectivity index (χ0v) is 14.2. The van der Waals surface area contributed by atoms with Crippen molar-refractivity contribution in [3.05, 3.63) is 96.6 Å². The fraction of sp³-hybridized carbons (Fsp3) is 0.0909. The zero-order valence-electron chi connectivity index (χ0n) is 14.2. The van der Waals surface area contributed by atoms with Crippen molar-refractivity contribution < 1.29 is 4.79 Å². The van der Waals surface area contributed by atoms with Crippen LogP contribution in [0.1, 0.15) is 18.0 Å². The zero-order chi connectivity index (χ0) is 17.8. The first-order chi connectivity index (χ1) is 12.8. The molecule has 128 valence electrons. The fourth-order valence-electron chi connectivity index (χ4n) is 3.13. The number of amides is 1. The van der Waals surface area contributed by atoms with Crippen LogP contribution in [0.25, 0.3) is 0 Å². The van der Waals surface area contributed by atoms with Gasteiger partial charge in [0.1, 0.15) is 5.71 Å². The van der Waals surface area contributed by atoms with E-state index in [0.717, 1.165) is 16.9 Å². The minimum absolute atomic E-state index is 0.00937. The van der Waals surface area contributed by atoms with Crippen LogP contribution < -0.4 is 10.3 Å². The van der Waals surface area contributed by atoms with E-state index >= 15 is 0 Å². The van der Waals surface area contributed by atoms with Crippen molar-refractivity contribution in [3.8, 4) is 0 Å². The lowest BCUT2D eigenvalue weighted by Gasteiger charge is -2.23. The molecule has 1 unspecified atom stereocenters. The third-order valence-electron chi connectivity index (χ3n) is 4.41. The number of nitrogens with zero attached hydrogens (tertiary/aromatic N) is 2. The van der Waals surface area contributed by atoms with Gasteiger partial charge < -0.3 is 5.32 Å². The number of nitrogens with one attached hydrogen (secondary N) is 1. The first-order valence-corrected chi connectivity index (χ1v) is 8.64. The molecule has 4 heteroatoms. The second-order valence-corrected chi connectivity index (χ2v) is 6.18. The predicted octanol–water partition coefficient (Wildman–Crippen LogP) is 4.63. The molecule has 0 spiro atoms. The summed E-state index contributed by atoms with van der Waals surface area (Å²) >= 11 is 0. The van der Waals surface area contributed by atoms with Crippen molar-refractivity contribution in [2.24, 2.45) is 5.10 Å². The number of anilines is 2. The minimum Gasteiger partial charge on any atom is -0.321 e. The second-order valence-electron chi connectivity index (χ2n) is 6.18. The highest BCUT2D eigenvalue weighted by molar-refractivity contribution is 6.43. The van der Waals surface area contributed by atoms with Gasteiger partial charge in [-0.2, -0.15) is 5.10 Å². The van der Waals surface area contributed by atoms with E-state index in [1.54, 1.807) is 0 Å². The summed E-state index contributed by atoms with van der Waals surface area (Å²) in [5.41, 5.74) is 3.42. The molecule has 26 heavy (non-hydrogen) atoms. The number of hydrazone groups is 1. The molecule has 0 fully saturated rings. The second kappa shape index (κ2) is 7.23. The number of carbonyl (C=O) groups excluding carboxylic acids is 1. The Hall–Kier alpha value is -3.40. The van der Waals surface area contributed by atoms with Crippen molar-refractivity contribution in [1.82, 2.24) is 0 Å². The number of para-hydroxylation sites is 2. The van der Waals surface area contributed by atoms with E-state index in [0.29, 0.717) is 12.1 Å². The molecular formula is C22H19N3O. The Morgan fingerprint density at radius 2 is 1.42 bits per heavy atom.